The Labute approximate surface area is 168 Å². The third-order valence-electron chi connectivity index (χ3n) is 3.90. The van der Waals surface area contributed by atoms with Crippen LogP contribution in [0.2, 0.25) is 5.15 Å². The molecule has 0 spiro atoms. The van der Waals surface area contributed by atoms with E-state index in [-0.39, 0.29) is 11.7 Å². The zero-order chi connectivity index (χ0) is 20.9. The van der Waals surface area contributed by atoms with Crippen LogP contribution in [0, 0.1) is 12.3 Å². The fourth-order valence-corrected chi connectivity index (χ4v) is 2.67. The second kappa shape index (κ2) is 8.76. The Morgan fingerprint density at radius 1 is 1.46 bits per heavy atom. The Balaban J connectivity index is 2.18. The summed E-state index contributed by atoms with van der Waals surface area (Å²) in [5, 5.41) is 7.06. The van der Waals surface area contributed by atoms with Gasteiger partial charge in [-0.25, -0.2) is 9.48 Å². The third-order valence-corrected chi connectivity index (χ3v) is 4.19. The van der Waals surface area contributed by atoms with E-state index in [2.05, 4.69) is 21.3 Å². The summed E-state index contributed by atoms with van der Waals surface area (Å²) < 4.78 is 6.28. The number of methoxy groups -OCH3 is 1. The van der Waals surface area contributed by atoms with Gasteiger partial charge in [0.2, 0.25) is 5.91 Å². The second-order valence-corrected chi connectivity index (χ2v) is 7.28. The van der Waals surface area contributed by atoms with E-state index in [1.807, 2.05) is 0 Å². The summed E-state index contributed by atoms with van der Waals surface area (Å²) >= 11 is 6.22. The molecule has 1 N–H and O–H groups in total. The zero-order valence-corrected chi connectivity index (χ0v) is 16.9. The summed E-state index contributed by atoms with van der Waals surface area (Å²) in [4.78, 5) is 29.8. The summed E-state index contributed by atoms with van der Waals surface area (Å²) in [7, 11) is 1.26. The molecule has 1 atom stereocenters. The van der Waals surface area contributed by atoms with Gasteiger partial charge in [0.05, 0.1) is 19.0 Å². The average Bonchev–Trinajstić information content (AvgIpc) is 3.05. The molecule has 8 nitrogen and oxygen atoms in total. The molecule has 0 bridgehead atoms. The van der Waals surface area contributed by atoms with Crippen molar-refractivity contribution in [2.24, 2.45) is 0 Å². The molecule has 0 saturated carbocycles. The van der Waals surface area contributed by atoms with Gasteiger partial charge >= 0.3 is 6.09 Å². The van der Waals surface area contributed by atoms with E-state index < -0.39 is 23.6 Å². The number of amides is 2. The van der Waals surface area contributed by atoms with Crippen LogP contribution in [0.1, 0.15) is 32.4 Å². The number of carbonyl (C=O) groups is 2. The van der Waals surface area contributed by atoms with Crippen LogP contribution < -0.4 is 5.32 Å². The highest BCUT2D eigenvalue weighted by Crippen LogP contribution is 2.23. The van der Waals surface area contributed by atoms with Crippen molar-refractivity contribution < 1.29 is 14.3 Å². The van der Waals surface area contributed by atoms with Gasteiger partial charge in [-0.3, -0.25) is 14.7 Å². The fourth-order valence-electron chi connectivity index (χ4n) is 2.43. The van der Waals surface area contributed by atoms with Crippen molar-refractivity contribution in [3.05, 3.63) is 41.4 Å². The van der Waals surface area contributed by atoms with Crippen LogP contribution in [-0.2, 0) is 9.53 Å². The molecule has 1 unspecified atom stereocenters. The highest BCUT2D eigenvalue weighted by molar-refractivity contribution is 6.30. The molecule has 2 amide bonds. The van der Waals surface area contributed by atoms with Crippen molar-refractivity contribution in [2.75, 3.05) is 13.7 Å². The van der Waals surface area contributed by atoms with Gasteiger partial charge in [-0.05, 0) is 32.9 Å². The van der Waals surface area contributed by atoms with Gasteiger partial charge in [0.1, 0.15) is 12.6 Å². The summed E-state index contributed by atoms with van der Waals surface area (Å²) in [6.07, 6.45) is 9.88. The lowest BCUT2D eigenvalue weighted by atomic mass is 10.1. The standard InChI is InChI=1S/C19H22ClN5O3/c1-6-15(22-16(26)12-24(18(27)28-5)19(2,3)4)14-11-25(23-17(14)20)13-8-7-9-21-10-13/h1,7-11,15H,12H2,2-5H3,(H,22,26). The molecule has 2 aromatic heterocycles. The number of nitrogens with one attached hydrogen (secondary N) is 1. The molecular formula is C19H22ClN5O3. The number of carbonyl (C=O) groups excluding carboxylic acids is 2. The number of hydrogen-bond acceptors (Lipinski definition) is 5. The van der Waals surface area contributed by atoms with Crippen LogP contribution in [-0.4, -0.2) is 50.9 Å². The van der Waals surface area contributed by atoms with Crippen LogP contribution in [0.25, 0.3) is 5.69 Å². The molecule has 0 radical (unpaired) electrons. The van der Waals surface area contributed by atoms with Crippen LogP contribution in [0.3, 0.4) is 0 Å². The number of terminal acetylenes is 1. The van der Waals surface area contributed by atoms with E-state index in [0.29, 0.717) is 11.3 Å². The van der Waals surface area contributed by atoms with Crippen LogP contribution >= 0.6 is 11.6 Å². The minimum atomic E-state index is -0.815. The summed E-state index contributed by atoms with van der Waals surface area (Å²) in [6, 6.07) is 2.75. The maximum atomic E-state index is 12.5. The van der Waals surface area contributed by atoms with Crippen molar-refractivity contribution in [1.82, 2.24) is 25.0 Å². The predicted octanol–water partition coefficient (Wildman–Crippen LogP) is 2.58. The number of pyridine rings is 1. The maximum absolute atomic E-state index is 12.5. The van der Waals surface area contributed by atoms with E-state index in [1.165, 1.54) is 16.7 Å². The molecular weight excluding hydrogens is 382 g/mol. The third kappa shape index (κ3) is 5.02. The van der Waals surface area contributed by atoms with Gasteiger partial charge in [-0.15, -0.1) is 6.42 Å². The minimum Gasteiger partial charge on any atom is -0.453 e. The van der Waals surface area contributed by atoms with Gasteiger partial charge in [0.25, 0.3) is 0 Å². The van der Waals surface area contributed by atoms with Crippen molar-refractivity contribution in [3.8, 4) is 18.0 Å². The topological polar surface area (TPSA) is 89.4 Å². The summed E-state index contributed by atoms with van der Waals surface area (Å²) in [5.41, 5.74) is 0.544. The van der Waals surface area contributed by atoms with Crippen LogP contribution in [0.4, 0.5) is 4.79 Å². The molecule has 0 aromatic carbocycles. The number of aromatic nitrogens is 3. The monoisotopic (exact) mass is 403 g/mol. The number of hydrogen-bond donors (Lipinski definition) is 1. The quantitative estimate of drug-likeness (QED) is 0.775. The van der Waals surface area contributed by atoms with Crippen LogP contribution in [0.5, 0.6) is 0 Å². The molecule has 2 aromatic rings. The Hall–Kier alpha value is -3.05. The van der Waals surface area contributed by atoms with Gasteiger partial charge in [0.15, 0.2) is 5.15 Å². The van der Waals surface area contributed by atoms with E-state index in [9.17, 15) is 9.59 Å². The lowest BCUT2D eigenvalue weighted by Crippen LogP contribution is -2.50. The molecule has 2 heterocycles. The van der Waals surface area contributed by atoms with Crippen molar-refractivity contribution in [1.29, 1.82) is 0 Å². The number of nitrogens with zero attached hydrogens (tertiary/aromatic N) is 4. The van der Waals surface area contributed by atoms with Gasteiger partial charge < -0.3 is 10.1 Å². The van der Waals surface area contributed by atoms with Gasteiger partial charge in [-0.1, -0.05) is 17.5 Å². The molecule has 28 heavy (non-hydrogen) atoms. The molecule has 0 aliphatic carbocycles. The fraction of sp³-hybridized carbons (Fsp3) is 0.368. The SMILES string of the molecule is C#CC(NC(=O)CN(C(=O)OC)C(C)(C)C)c1cn(-c2cccnc2)nc1Cl. The van der Waals surface area contributed by atoms with Gasteiger partial charge in [-0.2, -0.15) is 5.10 Å². The molecule has 0 saturated heterocycles. The largest absolute Gasteiger partial charge is 0.453 e. The lowest BCUT2D eigenvalue weighted by Gasteiger charge is -2.33. The Bertz CT molecular complexity index is 883. The Kier molecular flexibility index (Phi) is 6.65. The zero-order valence-electron chi connectivity index (χ0n) is 16.1. The van der Waals surface area contributed by atoms with E-state index in [0.717, 1.165) is 0 Å². The molecule has 0 aliphatic heterocycles. The number of ether oxygens (including phenoxy) is 1. The smallest absolute Gasteiger partial charge is 0.410 e. The predicted molar refractivity (Wildman–Crippen MR) is 105 cm³/mol. The first kappa shape index (κ1) is 21.3. The van der Waals surface area contributed by atoms with Crippen molar-refractivity contribution in [2.45, 2.75) is 32.4 Å². The van der Waals surface area contributed by atoms with E-state index >= 15 is 0 Å². The minimum absolute atomic E-state index is 0.160. The van der Waals surface area contributed by atoms with Gasteiger partial charge in [0, 0.05) is 23.5 Å². The summed E-state index contributed by atoms with van der Waals surface area (Å²) in [6.45, 7) is 5.17. The molecule has 2 rings (SSSR count). The van der Waals surface area contributed by atoms with E-state index in [4.69, 9.17) is 22.8 Å². The molecule has 148 valence electrons. The van der Waals surface area contributed by atoms with Crippen molar-refractivity contribution >= 4 is 23.6 Å². The number of rotatable bonds is 5. The first-order valence-electron chi connectivity index (χ1n) is 8.44. The number of halogens is 1. The first-order chi connectivity index (χ1) is 13.2. The highest BCUT2D eigenvalue weighted by Gasteiger charge is 2.30. The average molecular weight is 404 g/mol. The first-order valence-corrected chi connectivity index (χ1v) is 8.81. The second-order valence-electron chi connectivity index (χ2n) is 6.93. The highest BCUT2D eigenvalue weighted by atomic mass is 35.5. The molecule has 0 aliphatic rings. The normalized spacial score (nSPS) is 12.0. The maximum Gasteiger partial charge on any atom is 0.410 e. The van der Waals surface area contributed by atoms with Crippen molar-refractivity contribution in [3.63, 3.8) is 0 Å². The molecule has 9 heteroatoms. The van der Waals surface area contributed by atoms with E-state index in [1.54, 1.807) is 51.5 Å². The Morgan fingerprint density at radius 3 is 2.71 bits per heavy atom. The lowest BCUT2D eigenvalue weighted by molar-refractivity contribution is -0.123. The Morgan fingerprint density at radius 2 is 2.18 bits per heavy atom. The van der Waals surface area contributed by atoms with Crippen LogP contribution in [0.15, 0.2) is 30.7 Å². The molecule has 0 fully saturated rings. The summed E-state index contributed by atoms with van der Waals surface area (Å²) in [5.74, 6) is 2.04.